The molecule has 150 valence electrons. The van der Waals surface area contributed by atoms with E-state index in [2.05, 4.69) is 10.3 Å². The van der Waals surface area contributed by atoms with Gasteiger partial charge in [0, 0.05) is 10.7 Å². The minimum atomic E-state index is -0.606. The Morgan fingerprint density at radius 2 is 1.55 bits per heavy atom. The summed E-state index contributed by atoms with van der Waals surface area (Å²) in [5, 5.41) is 12.2. The van der Waals surface area contributed by atoms with Gasteiger partial charge in [-0.3, -0.25) is 9.59 Å². The van der Waals surface area contributed by atoms with Gasteiger partial charge in [0.1, 0.15) is 11.6 Å². The molecule has 3 aromatic carbocycles. The largest absolute Gasteiger partial charge is 0.321 e. The molecular weight excluding hydrogens is 410 g/mol. The zero-order valence-electron chi connectivity index (χ0n) is 16.2. The third-order valence-electron chi connectivity index (χ3n) is 4.81. The molecule has 0 spiro atoms. The predicted octanol–water partition coefficient (Wildman–Crippen LogP) is 5.49. The highest BCUT2D eigenvalue weighted by Crippen LogP contribution is 2.24. The number of pyridine rings is 1. The van der Waals surface area contributed by atoms with Crippen LogP contribution < -0.4 is 10.9 Å². The fourth-order valence-electron chi connectivity index (χ4n) is 3.20. The van der Waals surface area contributed by atoms with Crippen LogP contribution in [0.2, 0.25) is 5.02 Å². The number of rotatable bonds is 4. The van der Waals surface area contributed by atoms with Gasteiger partial charge in [-0.2, -0.15) is 5.26 Å². The summed E-state index contributed by atoms with van der Waals surface area (Å²) in [7, 11) is 0. The monoisotopic (exact) mass is 425 g/mol. The molecule has 0 unspecified atom stereocenters. The first-order valence-corrected chi connectivity index (χ1v) is 9.83. The van der Waals surface area contributed by atoms with Crippen molar-refractivity contribution >= 4 is 23.2 Å². The normalized spacial score (nSPS) is 10.3. The van der Waals surface area contributed by atoms with Gasteiger partial charge in [-0.05, 0) is 47.0 Å². The maximum atomic E-state index is 12.6. The Kier molecular flexibility index (Phi) is 5.65. The summed E-state index contributed by atoms with van der Waals surface area (Å²) in [6.45, 7) is 0. The Morgan fingerprint density at radius 3 is 2.23 bits per heavy atom. The number of nitriles is 1. The average Bonchev–Trinajstić information content (AvgIpc) is 2.80. The number of H-pyrrole nitrogens is 1. The number of carbonyl (C=O) groups is 1. The van der Waals surface area contributed by atoms with Crippen molar-refractivity contribution in [2.75, 3.05) is 5.32 Å². The quantitative estimate of drug-likeness (QED) is 0.453. The van der Waals surface area contributed by atoms with E-state index >= 15 is 0 Å². The summed E-state index contributed by atoms with van der Waals surface area (Å²) < 4.78 is 0. The number of aromatic amines is 1. The fourth-order valence-corrected chi connectivity index (χ4v) is 3.37. The summed E-state index contributed by atoms with van der Waals surface area (Å²) in [6.07, 6.45) is 0. The van der Waals surface area contributed by atoms with E-state index in [4.69, 9.17) is 11.6 Å². The number of halogens is 1. The molecule has 0 fully saturated rings. The summed E-state index contributed by atoms with van der Waals surface area (Å²) in [5.41, 5.74) is 3.54. The van der Waals surface area contributed by atoms with Gasteiger partial charge in [-0.1, -0.05) is 66.2 Å². The summed E-state index contributed by atoms with van der Waals surface area (Å²) in [6, 6.07) is 27.4. The van der Waals surface area contributed by atoms with Crippen LogP contribution in [-0.2, 0) is 0 Å². The van der Waals surface area contributed by atoms with Gasteiger partial charge in [0.2, 0.25) is 0 Å². The highest BCUT2D eigenvalue weighted by atomic mass is 35.5. The maximum absolute atomic E-state index is 12.6. The Balaban J connectivity index is 1.56. The van der Waals surface area contributed by atoms with Crippen LogP contribution in [-0.4, -0.2) is 10.9 Å². The molecule has 31 heavy (non-hydrogen) atoms. The molecule has 0 saturated heterocycles. The lowest BCUT2D eigenvalue weighted by Gasteiger charge is -2.08. The number of hydrogen-bond donors (Lipinski definition) is 2. The first-order chi connectivity index (χ1) is 15.0. The Hall–Kier alpha value is -4.14. The van der Waals surface area contributed by atoms with Crippen LogP contribution in [0.3, 0.4) is 0 Å². The zero-order valence-corrected chi connectivity index (χ0v) is 17.0. The summed E-state index contributed by atoms with van der Waals surface area (Å²) in [4.78, 5) is 27.9. The number of carbonyl (C=O) groups excluding carboxylic acids is 1. The molecule has 6 heteroatoms. The van der Waals surface area contributed by atoms with E-state index in [0.717, 1.165) is 16.7 Å². The van der Waals surface area contributed by atoms with E-state index in [1.807, 2.05) is 60.7 Å². The molecule has 4 aromatic rings. The van der Waals surface area contributed by atoms with Gasteiger partial charge in [0.05, 0.1) is 11.3 Å². The standard InChI is InChI=1S/C25H16ClN3O2/c26-20-10-12-23(19(14-20)15-27)29-25(31)21-11-13-22(28-24(21)30)18-8-6-17(7-9-18)16-4-2-1-3-5-16/h1-14H,(H,28,30)(H,29,31). The first-order valence-electron chi connectivity index (χ1n) is 9.45. The number of amides is 1. The Bertz CT molecular complexity index is 1350. The van der Waals surface area contributed by atoms with Crippen LogP contribution in [0.15, 0.2) is 89.7 Å². The Morgan fingerprint density at radius 1 is 0.871 bits per heavy atom. The van der Waals surface area contributed by atoms with Gasteiger partial charge in [0.25, 0.3) is 11.5 Å². The summed E-state index contributed by atoms with van der Waals surface area (Å²) in [5.74, 6) is -0.606. The van der Waals surface area contributed by atoms with E-state index in [1.165, 1.54) is 18.2 Å². The molecule has 2 N–H and O–H groups in total. The molecule has 0 aliphatic rings. The van der Waals surface area contributed by atoms with Crippen molar-refractivity contribution in [1.29, 1.82) is 5.26 Å². The topological polar surface area (TPSA) is 85.8 Å². The molecule has 0 atom stereocenters. The van der Waals surface area contributed by atoms with Crippen LogP contribution in [0.1, 0.15) is 15.9 Å². The third-order valence-corrected chi connectivity index (χ3v) is 5.04. The minimum absolute atomic E-state index is 0.0523. The van der Waals surface area contributed by atoms with Crippen molar-refractivity contribution in [3.63, 3.8) is 0 Å². The molecule has 1 aromatic heterocycles. The number of nitrogens with zero attached hydrogens (tertiary/aromatic N) is 1. The van der Waals surface area contributed by atoms with Crippen molar-refractivity contribution in [2.45, 2.75) is 0 Å². The van der Waals surface area contributed by atoms with Gasteiger partial charge in [-0.25, -0.2) is 0 Å². The number of benzene rings is 3. The molecule has 1 amide bonds. The lowest BCUT2D eigenvalue weighted by Crippen LogP contribution is -2.23. The molecule has 1 heterocycles. The van der Waals surface area contributed by atoms with Crippen LogP contribution >= 0.6 is 11.6 Å². The zero-order chi connectivity index (χ0) is 21.8. The second kappa shape index (κ2) is 8.70. The molecule has 0 radical (unpaired) electrons. The van der Waals surface area contributed by atoms with Crippen molar-refractivity contribution in [3.05, 3.63) is 111 Å². The van der Waals surface area contributed by atoms with Crippen LogP contribution in [0.25, 0.3) is 22.4 Å². The highest BCUT2D eigenvalue weighted by molar-refractivity contribution is 6.30. The van der Waals surface area contributed by atoms with Gasteiger partial charge >= 0.3 is 0 Å². The smallest absolute Gasteiger partial charge is 0.261 e. The average molecular weight is 426 g/mol. The number of hydrogen-bond acceptors (Lipinski definition) is 3. The summed E-state index contributed by atoms with van der Waals surface area (Å²) >= 11 is 5.88. The number of aromatic nitrogens is 1. The molecule has 0 bridgehead atoms. The molecule has 0 aliphatic heterocycles. The number of anilines is 1. The fraction of sp³-hybridized carbons (Fsp3) is 0. The molecule has 0 saturated carbocycles. The SMILES string of the molecule is N#Cc1cc(Cl)ccc1NC(=O)c1ccc(-c2ccc(-c3ccccc3)cc2)[nH]c1=O. The van der Waals surface area contributed by atoms with Crippen LogP contribution in [0, 0.1) is 11.3 Å². The van der Waals surface area contributed by atoms with Gasteiger partial charge in [0.15, 0.2) is 0 Å². The second-order valence-corrected chi connectivity index (χ2v) is 7.25. The van der Waals surface area contributed by atoms with Crippen LogP contribution in [0.4, 0.5) is 5.69 Å². The first kappa shape index (κ1) is 20.1. The van der Waals surface area contributed by atoms with E-state index in [0.29, 0.717) is 10.7 Å². The highest BCUT2D eigenvalue weighted by Gasteiger charge is 2.14. The molecule has 4 rings (SSSR count). The van der Waals surface area contributed by atoms with Crippen molar-refractivity contribution in [1.82, 2.24) is 4.98 Å². The van der Waals surface area contributed by atoms with E-state index < -0.39 is 11.5 Å². The Labute approximate surface area is 183 Å². The van der Waals surface area contributed by atoms with E-state index in [1.54, 1.807) is 12.1 Å². The van der Waals surface area contributed by atoms with E-state index in [-0.39, 0.29) is 16.8 Å². The molecule has 0 aliphatic carbocycles. The van der Waals surface area contributed by atoms with E-state index in [9.17, 15) is 14.9 Å². The minimum Gasteiger partial charge on any atom is -0.321 e. The molecular formula is C25H16ClN3O2. The predicted molar refractivity (Wildman–Crippen MR) is 122 cm³/mol. The van der Waals surface area contributed by atoms with Crippen LogP contribution in [0.5, 0.6) is 0 Å². The van der Waals surface area contributed by atoms with Gasteiger partial charge < -0.3 is 10.3 Å². The third kappa shape index (κ3) is 4.40. The van der Waals surface area contributed by atoms with Crippen molar-refractivity contribution in [2.24, 2.45) is 0 Å². The van der Waals surface area contributed by atoms with Crippen molar-refractivity contribution < 1.29 is 4.79 Å². The maximum Gasteiger partial charge on any atom is 0.261 e. The van der Waals surface area contributed by atoms with Gasteiger partial charge in [-0.15, -0.1) is 0 Å². The lowest BCUT2D eigenvalue weighted by atomic mass is 10.0. The lowest BCUT2D eigenvalue weighted by molar-refractivity contribution is 0.102. The number of nitrogens with one attached hydrogen (secondary N) is 2. The van der Waals surface area contributed by atoms with Crippen molar-refractivity contribution in [3.8, 4) is 28.5 Å². The second-order valence-electron chi connectivity index (χ2n) is 6.81. The molecule has 5 nitrogen and oxygen atoms in total.